The number of para-hydroxylation sites is 1. The molecule has 5 nitrogen and oxygen atoms in total. The molecule has 1 spiro atoms. The highest BCUT2D eigenvalue weighted by molar-refractivity contribution is 5.94. The average Bonchev–Trinajstić information content (AvgIpc) is 2.73. The lowest BCUT2D eigenvalue weighted by Crippen LogP contribution is -2.52. The Morgan fingerprint density at radius 2 is 1.77 bits per heavy atom. The second kappa shape index (κ2) is 8.29. The van der Waals surface area contributed by atoms with Gasteiger partial charge in [-0.1, -0.05) is 30.3 Å². The van der Waals surface area contributed by atoms with Crippen molar-refractivity contribution in [3.05, 3.63) is 65.2 Å². The molecule has 1 atom stereocenters. The number of likely N-dealkylation sites (tertiary alicyclic amines) is 1. The summed E-state index contributed by atoms with van der Waals surface area (Å²) in [4.78, 5) is 14.9. The van der Waals surface area contributed by atoms with Crippen LogP contribution < -0.4 is 4.74 Å². The number of hydrogen-bond donors (Lipinski definition) is 1. The fraction of sp³-hybridized carbons (Fsp3) is 0.500. The molecule has 2 aliphatic rings. The first kappa shape index (κ1) is 21.8. The van der Waals surface area contributed by atoms with Crippen LogP contribution in [0.5, 0.6) is 5.75 Å². The molecular formula is C26H33NO4. The zero-order chi connectivity index (χ0) is 22.2. The SMILES string of the molecule is CC(C)O[C@@H]1CC2(CCN(C(=O)c3ccc(C(C)(C)O)cc3)CC2)Oc2ccccc21. The Labute approximate surface area is 185 Å². The summed E-state index contributed by atoms with van der Waals surface area (Å²) in [7, 11) is 0. The Morgan fingerprint density at radius 3 is 2.39 bits per heavy atom. The molecule has 1 fully saturated rings. The highest BCUT2D eigenvalue weighted by atomic mass is 16.5. The lowest BCUT2D eigenvalue weighted by atomic mass is 9.81. The third-order valence-electron chi connectivity index (χ3n) is 6.39. The molecule has 2 aromatic rings. The first-order valence-corrected chi connectivity index (χ1v) is 11.2. The normalized spacial score (nSPS) is 20.5. The van der Waals surface area contributed by atoms with Crippen molar-refractivity contribution in [3.8, 4) is 5.75 Å². The maximum Gasteiger partial charge on any atom is 0.253 e. The summed E-state index contributed by atoms with van der Waals surface area (Å²) in [5, 5.41) is 10.1. The topological polar surface area (TPSA) is 59.0 Å². The van der Waals surface area contributed by atoms with Crippen molar-refractivity contribution in [1.82, 2.24) is 4.90 Å². The molecular weight excluding hydrogens is 390 g/mol. The van der Waals surface area contributed by atoms with Crippen molar-refractivity contribution >= 4 is 5.91 Å². The molecule has 4 rings (SSSR count). The first-order valence-electron chi connectivity index (χ1n) is 11.2. The molecule has 1 amide bonds. The molecule has 31 heavy (non-hydrogen) atoms. The van der Waals surface area contributed by atoms with E-state index in [1.165, 1.54) is 0 Å². The molecule has 166 valence electrons. The molecule has 0 unspecified atom stereocenters. The molecule has 2 aliphatic heterocycles. The standard InChI is InChI=1S/C26H33NO4/c1-18(2)30-23-17-26(31-22-8-6-5-7-21(22)23)13-15-27(16-14-26)24(28)19-9-11-20(12-10-19)25(3,4)29/h5-12,18,23,29H,13-17H2,1-4H3/t23-/m1/s1. The van der Waals surface area contributed by atoms with Gasteiger partial charge in [0.15, 0.2) is 0 Å². The van der Waals surface area contributed by atoms with Crippen LogP contribution in [-0.2, 0) is 10.3 Å². The van der Waals surface area contributed by atoms with Gasteiger partial charge in [0.1, 0.15) is 11.4 Å². The quantitative estimate of drug-likeness (QED) is 0.765. The molecule has 0 aromatic heterocycles. The number of fused-ring (bicyclic) bond motifs is 1. The van der Waals surface area contributed by atoms with Gasteiger partial charge in [-0.25, -0.2) is 0 Å². The Hall–Kier alpha value is -2.37. The van der Waals surface area contributed by atoms with Crippen molar-refractivity contribution in [3.63, 3.8) is 0 Å². The van der Waals surface area contributed by atoms with Crippen molar-refractivity contribution in [2.75, 3.05) is 13.1 Å². The maximum absolute atomic E-state index is 13.0. The van der Waals surface area contributed by atoms with Crippen LogP contribution in [0.25, 0.3) is 0 Å². The van der Waals surface area contributed by atoms with E-state index < -0.39 is 5.60 Å². The first-order chi connectivity index (χ1) is 14.7. The zero-order valence-electron chi connectivity index (χ0n) is 18.9. The Morgan fingerprint density at radius 1 is 1.13 bits per heavy atom. The number of benzene rings is 2. The summed E-state index contributed by atoms with van der Waals surface area (Å²) in [5.41, 5.74) is 1.36. The van der Waals surface area contributed by atoms with Gasteiger partial charge in [0.25, 0.3) is 5.91 Å². The molecule has 2 aromatic carbocycles. The fourth-order valence-electron chi connectivity index (χ4n) is 4.64. The minimum Gasteiger partial charge on any atom is -0.487 e. The largest absolute Gasteiger partial charge is 0.487 e. The average molecular weight is 424 g/mol. The number of nitrogens with zero attached hydrogens (tertiary/aromatic N) is 1. The lowest BCUT2D eigenvalue weighted by molar-refractivity contribution is -0.0872. The van der Waals surface area contributed by atoms with Crippen LogP contribution in [0, 0.1) is 0 Å². The number of ether oxygens (including phenoxy) is 2. The summed E-state index contributed by atoms with van der Waals surface area (Å²) in [6.45, 7) is 8.93. The van der Waals surface area contributed by atoms with Gasteiger partial charge < -0.3 is 19.5 Å². The molecule has 0 bridgehead atoms. The van der Waals surface area contributed by atoms with Crippen LogP contribution in [0.1, 0.15) is 74.5 Å². The second-order valence-electron chi connectivity index (χ2n) is 9.63. The van der Waals surface area contributed by atoms with E-state index in [0.29, 0.717) is 18.7 Å². The maximum atomic E-state index is 13.0. The van der Waals surface area contributed by atoms with Gasteiger partial charge in [0.05, 0.1) is 17.8 Å². The number of carbonyl (C=O) groups excluding carboxylic acids is 1. The third kappa shape index (κ3) is 4.63. The number of hydrogen-bond acceptors (Lipinski definition) is 4. The minimum absolute atomic E-state index is 0.0154. The van der Waals surface area contributed by atoms with Crippen LogP contribution in [0.3, 0.4) is 0 Å². The predicted octanol–water partition coefficient (Wildman–Crippen LogP) is 4.84. The van der Waals surface area contributed by atoms with E-state index in [1.54, 1.807) is 26.0 Å². The molecule has 1 N–H and O–H groups in total. The summed E-state index contributed by atoms with van der Waals surface area (Å²) >= 11 is 0. The molecule has 1 saturated heterocycles. The van der Waals surface area contributed by atoms with E-state index in [2.05, 4.69) is 19.9 Å². The second-order valence-corrected chi connectivity index (χ2v) is 9.63. The molecule has 0 saturated carbocycles. The monoisotopic (exact) mass is 423 g/mol. The predicted molar refractivity (Wildman–Crippen MR) is 120 cm³/mol. The third-order valence-corrected chi connectivity index (χ3v) is 6.39. The Balaban J connectivity index is 1.46. The van der Waals surface area contributed by atoms with Gasteiger partial charge in [-0.2, -0.15) is 0 Å². The molecule has 0 aliphatic carbocycles. The van der Waals surface area contributed by atoms with E-state index in [-0.39, 0.29) is 23.7 Å². The van der Waals surface area contributed by atoms with Crippen LogP contribution in [-0.4, -0.2) is 40.7 Å². The van der Waals surface area contributed by atoms with E-state index in [0.717, 1.165) is 36.1 Å². The zero-order valence-corrected chi connectivity index (χ0v) is 18.9. The highest BCUT2D eigenvalue weighted by Crippen LogP contribution is 2.46. The van der Waals surface area contributed by atoms with Gasteiger partial charge in [0, 0.05) is 43.5 Å². The van der Waals surface area contributed by atoms with E-state index >= 15 is 0 Å². The van der Waals surface area contributed by atoms with Crippen LogP contribution >= 0.6 is 0 Å². The Kier molecular flexibility index (Phi) is 5.84. The van der Waals surface area contributed by atoms with E-state index in [4.69, 9.17) is 9.47 Å². The van der Waals surface area contributed by atoms with Crippen molar-refractivity contribution < 1.29 is 19.4 Å². The van der Waals surface area contributed by atoms with Crippen molar-refractivity contribution in [2.24, 2.45) is 0 Å². The van der Waals surface area contributed by atoms with Crippen LogP contribution in [0.4, 0.5) is 0 Å². The van der Waals surface area contributed by atoms with Gasteiger partial charge >= 0.3 is 0 Å². The van der Waals surface area contributed by atoms with Crippen LogP contribution in [0.2, 0.25) is 0 Å². The number of piperidine rings is 1. The molecule has 5 heteroatoms. The summed E-state index contributed by atoms with van der Waals surface area (Å²) in [6, 6.07) is 15.4. The minimum atomic E-state index is -0.914. The van der Waals surface area contributed by atoms with E-state index in [9.17, 15) is 9.90 Å². The Bertz CT molecular complexity index is 921. The van der Waals surface area contributed by atoms with Gasteiger partial charge in [-0.3, -0.25) is 4.79 Å². The number of carbonyl (C=O) groups is 1. The number of amides is 1. The fourth-order valence-corrected chi connectivity index (χ4v) is 4.64. The number of rotatable bonds is 4. The smallest absolute Gasteiger partial charge is 0.253 e. The van der Waals surface area contributed by atoms with Crippen molar-refractivity contribution in [1.29, 1.82) is 0 Å². The van der Waals surface area contributed by atoms with E-state index in [1.807, 2.05) is 35.2 Å². The molecule has 0 radical (unpaired) electrons. The van der Waals surface area contributed by atoms with Crippen molar-refractivity contribution in [2.45, 2.75) is 70.4 Å². The lowest BCUT2D eigenvalue weighted by Gasteiger charge is -2.47. The summed E-state index contributed by atoms with van der Waals surface area (Å²) in [6.07, 6.45) is 2.53. The van der Waals surface area contributed by atoms with Gasteiger partial charge in [-0.15, -0.1) is 0 Å². The highest BCUT2D eigenvalue weighted by Gasteiger charge is 2.44. The molecule has 2 heterocycles. The van der Waals surface area contributed by atoms with Gasteiger partial charge in [-0.05, 0) is 51.5 Å². The van der Waals surface area contributed by atoms with Gasteiger partial charge in [0.2, 0.25) is 0 Å². The van der Waals surface area contributed by atoms with Crippen LogP contribution in [0.15, 0.2) is 48.5 Å². The number of aliphatic hydroxyl groups is 1. The summed E-state index contributed by atoms with van der Waals surface area (Å²) < 4.78 is 12.8. The summed E-state index contributed by atoms with van der Waals surface area (Å²) in [5.74, 6) is 0.935.